The molecule has 0 bridgehead atoms. The molecule has 2 aromatic rings. The van der Waals surface area contributed by atoms with Crippen LogP contribution in [0.2, 0.25) is 5.02 Å². The SMILES string of the molecule is Cc1cc(C)c(S(=O)(=O)Nc2ccc(Cl)c([N+](=O)[O-])c2)c(C)c1. The van der Waals surface area contributed by atoms with Crippen LogP contribution >= 0.6 is 11.6 Å². The van der Waals surface area contributed by atoms with Crippen molar-refractivity contribution < 1.29 is 13.3 Å². The van der Waals surface area contributed by atoms with E-state index >= 15 is 0 Å². The predicted octanol–water partition coefficient (Wildman–Crippen LogP) is 3.97. The van der Waals surface area contributed by atoms with Gasteiger partial charge in [0.1, 0.15) is 5.02 Å². The predicted molar refractivity (Wildman–Crippen MR) is 89.6 cm³/mol. The van der Waals surface area contributed by atoms with Crippen molar-refractivity contribution in [3.8, 4) is 0 Å². The molecule has 2 aromatic carbocycles. The molecule has 0 spiro atoms. The molecule has 122 valence electrons. The largest absolute Gasteiger partial charge is 0.289 e. The maximum Gasteiger partial charge on any atom is 0.289 e. The maximum atomic E-state index is 12.6. The number of hydrogen-bond donors (Lipinski definition) is 1. The molecular weight excluding hydrogens is 340 g/mol. The van der Waals surface area contributed by atoms with Crippen LogP contribution in [0.4, 0.5) is 11.4 Å². The number of nitrogens with one attached hydrogen (secondary N) is 1. The molecule has 0 aromatic heterocycles. The Morgan fingerprint density at radius 1 is 1.09 bits per heavy atom. The Bertz CT molecular complexity index is 871. The molecule has 0 fully saturated rings. The van der Waals surface area contributed by atoms with E-state index in [9.17, 15) is 18.5 Å². The van der Waals surface area contributed by atoms with Gasteiger partial charge in [-0.3, -0.25) is 14.8 Å². The third-order valence-corrected chi connectivity index (χ3v) is 5.27. The van der Waals surface area contributed by atoms with E-state index in [1.54, 1.807) is 26.0 Å². The van der Waals surface area contributed by atoms with E-state index in [-0.39, 0.29) is 21.3 Å². The van der Waals surface area contributed by atoms with Crippen LogP contribution in [-0.4, -0.2) is 13.3 Å². The van der Waals surface area contributed by atoms with Crippen molar-refractivity contribution in [2.24, 2.45) is 0 Å². The summed E-state index contributed by atoms with van der Waals surface area (Å²) in [5, 5.41) is 10.8. The van der Waals surface area contributed by atoms with Gasteiger partial charge < -0.3 is 0 Å². The highest BCUT2D eigenvalue weighted by Crippen LogP contribution is 2.30. The first-order valence-corrected chi connectivity index (χ1v) is 8.52. The summed E-state index contributed by atoms with van der Waals surface area (Å²) in [6, 6.07) is 7.30. The van der Waals surface area contributed by atoms with Crippen LogP contribution in [0.25, 0.3) is 0 Å². The van der Waals surface area contributed by atoms with Crippen molar-refractivity contribution in [2.45, 2.75) is 25.7 Å². The number of anilines is 1. The zero-order chi connectivity index (χ0) is 17.4. The van der Waals surface area contributed by atoms with Gasteiger partial charge in [0.25, 0.3) is 15.7 Å². The van der Waals surface area contributed by atoms with Gasteiger partial charge in [-0.1, -0.05) is 29.3 Å². The lowest BCUT2D eigenvalue weighted by Gasteiger charge is -2.14. The van der Waals surface area contributed by atoms with Crippen molar-refractivity contribution >= 4 is 33.0 Å². The first-order chi connectivity index (χ1) is 10.6. The number of nitro groups is 1. The Kier molecular flexibility index (Phi) is 4.63. The van der Waals surface area contributed by atoms with Crippen LogP contribution in [0.3, 0.4) is 0 Å². The number of halogens is 1. The Balaban J connectivity index is 2.48. The summed E-state index contributed by atoms with van der Waals surface area (Å²) in [6.07, 6.45) is 0. The first-order valence-electron chi connectivity index (χ1n) is 6.66. The molecule has 0 amide bonds. The second-order valence-corrected chi connectivity index (χ2v) is 7.28. The average molecular weight is 355 g/mol. The lowest BCUT2D eigenvalue weighted by atomic mass is 10.1. The summed E-state index contributed by atoms with van der Waals surface area (Å²) < 4.78 is 27.6. The summed E-state index contributed by atoms with van der Waals surface area (Å²) in [5.41, 5.74) is 1.91. The van der Waals surface area contributed by atoms with Gasteiger partial charge >= 0.3 is 0 Å². The first kappa shape index (κ1) is 17.2. The van der Waals surface area contributed by atoms with Gasteiger partial charge in [0.05, 0.1) is 15.5 Å². The Labute approximate surface area is 139 Å². The average Bonchev–Trinajstić information content (AvgIpc) is 2.38. The van der Waals surface area contributed by atoms with Crippen LogP contribution in [-0.2, 0) is 10.0 Å². The highest BCUT2D eigenvalue weighted by atomic mass is 35.5. The third-order valence-electron chi connectivity index (χ3n) is 3.27. The fraction of sp³-hybridized carbons (Fsp3) is 0.200. The molecule has 0 aliphatic rings. The molecule has 1 N–H and O–H groups in total. The van der Waals surface area contributed by atoms with Crippen molar-refractivity contribution in [1.29, 1.82) is 0 Å². The number of sulfonamides is 1. The monoisotopic (exact) mass is 354 g/mol. The van der Waals surface area contributed by atoms with E-state index in [0.29, 0.717) is 11.1 Å². The minimum absolute atomic E-state index is 0.0550. The van der Waals surface area contributed by atoms with Gasteiger partial charge in [-0.25, -0.2) is 8.42 Å². The fourth-order valence-corrected chi connectivity index (χ4v) is 4.20. The molecule has 0 saturated carbocycles. The summed E-state index contributed by atoms with van der Waals surface area (Å²) in [6.45, 7) is 5.30. The molecule has 6 nitrogen and oxygen atoms in total. The van der Waals surface area contributed by atoms with Crippen LogP contribution in [0.1, 0.15) is 16.7 Å². The molecule has 0 heterocycles. The Morgan fingerprint density at radius 3 is 2.17 bits per heavy atom. The fourth-order valence-electron chi connectivity index (χ4n) is 2.51. The second-order valence-electron chi connectivity index (χ2n) is 5.26. The summed E-state index contributed by atoms with van der Waals surface area (Å²) in [4.78, 5) is 10.4. The molecule has 0 radical (unpaired) electrons. The number of aryl methyl sites for hydroxylation is 3. The van der Waals surface area contributed by atoms with Gasteiger partial charge in [-0.2, -0.15) is 0 Å². The molecule has 8 heteroatoms. The van der Waals surface area contributed by atoms with Crippen molar-refractivity contribution in [3.63, 3.8) is 0 Å². The number of nitrogens with zero attached hydrogens (tertiary/aromatic N) is 1. The molecule has 0 aliphatic heterocycles. The minimum Gasteiger partial charge on any atom is -0.279 e. The van der Waals surface area contributed by atoms with Gasteiger partial charge in [0.15, 0.2) is 0 Å². The van der Waals surface area contributed by atoms with Gasteiger partial charge in [0, 0.05) is 6.07 Å². The zero-order valence-electron chi connectivity index (χ0n) is 12.8. The molecule has 0 unspecified atom stereocenters. The van der Waals surface area contributed by atoms with Gasteiger partial charge in [0.2, 0.25) is 0 Å². The maximum absolute atomic E-state index is 12.6. The molecule has 23 heavy (non-hydrogen) atoms. The minimum atomic E-state index is -3.86. The van der Waals surface area contributed by atoms with E-state index in [1.165, 1.54) is 12.1 Å². The highest BCUT2D eigenvalue weighted by molar-refractivity contribution is 7.92. The standard InChI is InChI=1S/C15H15ClN2O4S/c1-9-6-10(2)15(11(3)7-9)23(21,22)17-12-4-5-13(16)14(8-12)18(19)20/h4-8,17H,1-3H3. The van der Waals surface area contributed by atoms with E-state index in [1.807, 2.05) is 6.92 Å². The molecule has 0 aliphatic carbocycles. The summed E-state index contributed by atoms with van der Waals surface area (Å²) in [7, 11) is -3.86. The number of hydrogen-bond acceptors (Lipinski definition) is 4. The summed E-state index contributed by atoms with van der Waals surface area (Å²) >= 11 is 5.73. The molecule has 0 saturated heterocycles. The van der Waals surface area contributed by atoms with Crippen molar-refractivity contribution in [3.05, 3.63) is 62.2 Å². The zero-order valence-corrected chi connectivity index (χ0v) is 14.3. The topological polar surface area (TPSA) is 89.3 Å². The lowest BCUT2D eigenvalue weighted by molar-refractivity contribution is -0.384. The van der Waals surface area contributed by atoms with Crippen LogP contribution in [0.15, 0.2) is 35.2 Å². The third kappa shape index (κ3) is 3.62. The molecule has 0 atom stereocenters. The number of rotatable bonds is 4. The van der Waals surface area contributed by atoms with Crippen LogP contribution in [0.5, 0.6) is 0 Å². The van der Waals surface area contributed by atoms with Gasteiger partial charge in [-0.15, -0.1) is 0 Å². The smallest absolute Gasteiger partial charge is 0.279 e. The van der Waals surface area contributed by atoms with E-state index in [4.69, 9.17) is 11.6 Å². The van der Waals surface area contributed by atoms with E-state index < -0.39 is 14.9 Å². The normalized spacial score (nSPS) is 11.3. The Hall–Kier alpha value is -2.12. The van der Waals surface area contributed by atoms with Crippen LogP contribution in [0, 0.1) is 30.9 Å². The number of benzene rings is 2. The van der Waals surface area contributed by atoms with Crippen LogP contribution < -0.4 is 4.72 Å². The van der Waals surface area contributed by atoms with Crippen molar-refractivity contribution in [1.82, 2.24) is 0 Å². The van der Waals surface area contributed by atoms with Gasteiger partial charge in [-0.05, 0) is 44.0 Å². The highest BCUT2D eigenvalue weighted by Gasteiger charge is 2.21. The molecule has 2 rings (SSSR count). The van der Waals surface area contributed by atoms with Crippen molar-refractivity contribution in [2.75, 3.05) is 4.72 Å². The molecular formula is C15H15ClN2O4S. The van der Waals surface area contributed by atoms with E-state index in [0.717, 1.165) is 11.6 Å². The number of nitro benzene ring substituents is 1. The second kappa shape index (κ2) is 6.17. The van der Waals surface area contributed by atoms with E-state index in [2.05, 4.69) is 4.72 Å². The summed E-state index contributed by atoms with van der Waals surface area (Å²) in [5.74, 6) is 0. The lowest BCUT2D eigenvalue weighted by Crippen LogP contribution is -2.16. The Morgan fingerprint density at radius 2 is 1.65 bits per heavy atom. The quantitative estimate of drug-likeness (QED) is 0.664.